The number of nitrogens with one attached hydrogen (secondary N) is 1. The van der Waals surface area contributed by atoms with E-state index in [1.54, 1.807) is 0 Å². The van der Waals surface area contributed by atoms with E-state index in [0.717, 1.165) is 26.2 Å². The predicted octanol–water partition coefficient (Wildman–Crippen LogP) is 12.0. The fourth-order valence-electron chi connectivity index (χ4n) is 6.28. The van der Waals surface area contributed by atoms with Gasteiger partial charge in [-0.15, -0.1) is 0 Å². The molecule has 0 fully saturated rings. The van der Waals surface area contributed by atoms with E-state index in [9.17, 15) is 0 Å². The van der Waals surface area contributed by atoms with Gasteiger partial charge >= 0.3 is 0 Å². The summed E-state index contributed by atoms with van der Waals surface area (Å²) in [6.45, 7) is 6.01. The summed E-state index contributed by atoms with van der Waals surface area (Å²) in [5.41, 5.74) is 10.1. The molecular weight excluding hydrogens is 721 g/mol. The van der Waals surface area contributed by atoms with E-state index < -0.39 is 0 Å². The van der Waals surface area contributed by atoms with Crippen molar-refractivity contribution in [2.45, 2.75) is 45.7 Å². The van der Waals surface area contributed by atoms with Gasteiger partial charge in [-0.25, -0.2) is 4.57 Å². The van der Waals surface area contributed by atoms with Gasteiger partial charge in [-0.05, 0) is 103 Å². The van der Waals surface area contributed by atoms with Gasteiger partial charge in [-0.1, -0.05) is 137 Å². The summed E-state index contributed by atoms with van der Waals surface area (Å²) in [5, 5.41) is 3.06. The Hall–Kier alpha value is -4.91. The summed E-state index contributed by atoms with van der Waals surface area (Å²) in [4.78, 5) is 5.07. The molecule has 1 N–H and O–H groups in total. The molecule has 4 nitrogen and oxygen atoms in total. The standard InChI is InChI=1S/C50H59N4S2/c1-4-43(31-34-51-2)19-20-44-23-27-49(28-24-44)53(41-47-15-7-5-8-16-47)35-11-13-39-55-56-40-14-12-36-54(42-48-17-9-6-10-18-48)50-29-25-45(26-30-50)21-22-46-32-37-52(3)38-33-46/h4-10,15-34,37-38,51H,11-14,35-36,39-42H2,1-3H3/q+1/b20-19+,34-31-,43-4-. The van der Waals surface area contributed by atoms with Crippen LogP contribution in [-0.2, 0) is 20.1 Å². The van der Waals surface area contributed by atoms with Gasteiger partial charge in [0, 0.05) is 68.2 Å². The Morgan fingerprint density at radius 3 is 1.50 bits per heavy atom. The van der Waals surface area contributed by atoms with Crippen molar-refractivity contribution in [2.75, 3.05) is 41.4 Å². The molecule has 0 aliphatic rings. The van der Waals surface area contributed by atoms with E-state index >= 15 is 0 Å². The van der Waals surface area contributed by atoms with Crippen LogP contribution >= 0.6 is 21.6 Å². The molecule has 0 aliphatic carbocycles. The van der Waals surface area contributed by atoms with Crippen LogP contribution < -0.4 is 19.7 Å². The number of aromatic nitrogens is 1. The van der Waals surface area contributed by atoms with Crippen LogP contribution in [0.3, 0.4) is 0 Å². The monoisotopic (exact) mass is 779 g/mol. The molecule has 0 radical (unpaired) electrons. The van der Waals surface area contributed by atoms with E-state index in [0.29, 0.717) is 0 Å². The zero-order valence-corrected chi connectivity index (χ0v) is 35.1. The Bertz CT molecular complexity index is 1940. The third kappa shape index (κ3) is 15.3. The molecule has 1 aromatic heterocycles. The van der Waals surface area contributed by atoms with E-state index in [2.05, 4.69) is 197 Å². The number of benzene rings is 4. The Balaban J connectivity index is 1.04. The summed E-state index contributed by atoms with van der Waals surface area (Å²) >= 11 is 0. The molecule has 0 atom stereocenters. The Kier molecular flexibility index (Phi) is 18.5. The van der Waals surface area contributed by atoms with Crippen LogP contribution in [0.1, 0.15) is 60.4 Å². The number of hydrogen-bond acceptors (Lipinski definition) is 5. The number of aryl methyl sites for hydroxylation is 1. The molecule has 0 bridgehead atoms. The number of pyridine rings is 1. The predicted molar refractivity (Wildman–Crippen MR) is 249 cm³/mol. The highest BCUT2D eigenvalue weighted by Gasteiger charge is 2.10. The molecule has 5 rings (SSSR count). The SMILES string of the molecule is C/C=C(\C=C/NC)/C=C/c1ccc(N(CCCCSSCCCCN(Cc2ccccc2)c2ccc(/C=C/c3cc[n+](C)cc3)cc2)Cc2ccccc2)cc1. The van der Waals surface area contributed by atoms with Crippen molar-refractivity contribution in [3.8, 4) is 0 Å². The fraction of sp³-hybridized carbons (Fsp3) is 0.260. The third-order valence-electron chi connectivity index (χ3n) is 9.56. The summed E-state index contributed by atoms with van der Waals surface area (Å²) < 4.78 is 2.06. The fourth-order valence-corrected chi connectivity index (χ4v) is 8.57. The number of anilines is 2. The minimum atomic E-state index is 0.922. The van der Waals surface area contributed by atoms with E-state index in [1.165, 1.54) is 82.0 Å². The maximum absolute atomic E-state index is 3.06. The Labute approximate surface area is 345 Å². The molecule has 0 aliphatic heterocycles. The van der Waals surface area contributed by atoms with Gasteiger partial charge in [0.15, 0.2) is 12.4 Å². The molecule has 290 valence electrons. The van der Waals surface area contributed by atoms with Crippen LogP contribution in [0.2, 0.25) is 0 Å². The minimum absolute atomic E-state index is 0.922. The van der Waals surface area contributed by atoms with Crippen LogP contribution in [-0.4, -0.2) is 31.6 Å². The Morgan fingerprint density at radius 1 is 0.571 bits per heavy atom. The van der Waals surface area contributed by atoms with Crippen molar-refractivity contribution in [1.29, 1.82) is 0 Å². The lowest BCUT2D eigenvalue weighted by molar-refractivity contribution is -0.671. The first-order valence-electron chi connectivity index (χ1n) is 19.9. The first kappa shape index (κ1) is 42.2. The summed E-state index contributed by atoms with van der Waals surface area (Å²) in [6, 6.07) is 44.0. The quantitative estimate of drug-likeness (QED) is 0.0308. The zero-order chi connectivity index (χ0) is 39.0. The van der Waals surface area contributed by atoms with E-state index in [4.69, 9.17) is 0 Å². The first-order valence-corrected chi connectivity index (χ1v) is 22.4. The smallest absolute Gasteiger partial charge is 0.169 e. The van der Waals surface area contributed by atoms with Crippen molar-refractivity contribution in [3.63, 3.8) is 0 Å². The van der Waals surface area contributed by atoms with Gasteiger partial charge in [0.2, 0.25) is 0 Å². The lowest BCUT2D eigenvalue weighted by atomic mass is 10.1. The normalized spacial score (nSPS) is 11.9. The average molecular weight is 780 g/mol. The van der Waals surface area contributed by atoms with Gasteiger partial charge in [0.1, 0.15) is 7.05 Å². The maximum atomic E-state index is 3.06. The van der Waals surface area contributed by atoms with Gasteiger partial charge in [0.05, 0.1) is 0 Å². The van der Waals surface area contributed by atoms with Crippen LogP contribution in [0.4, 0.5) is 11.4 Å². The highest BCUT2D eigenvalue weighted by molar-refractivity contribution is 8.76. The molecule has 0 spiro atoms. The molecular formula is C50H59N4S2+. The molecule has 5 aromatic rings. The molecule has 6 heteroatoms. The van der Waals surface area contributed by atoms with Gasteiger partial charge in [0.25, 0.3) is 0 Å². The number of hydrogen-bond donors (Lipinski definition) is 1. The van der Waals surface area contributed by atoms with Crippen molar-refractivity contribution in [1.82, 2.24) is 5.32 Å². The molecule has 0 saturated carbocycles. The first-order chi connectivity index (χ1) is 27.6. The summed E-state index contributed by atoms with van der Waals surface area (Å²) in [5.74, 6) is 2.37. The van der Waals surface area contributed by atoms with E-state index in [1.807, 2.05) is 41.9 Å². The van der Waals surface area contributed by atoms with Crippen molar-refractivity contribution >= 4 is 51.2 Å². The van der Waals surface area contributed by atoms with Gasteiger partial charge < -0.3 is 15.1 Å². The highest BCUT2D eigenvalue weighted by atomic mass is 33.1. The van der Waals surface area contributed by atoms with E-state index in [-0.39, 0.29) is 0 Å². The number of nitrogens with zero attached hydrogens (tertiary/aromatic N) is 3. The number of rotatable bonds is 23. The molecule has 0 saturated heterocycles. The zero-order valence-electron chi connectivity index (χ0n) is 33.5. The second-order valence-electron chi connectivity index (χ2n) is 13.9. The molecule has 56 heavy (non-hydrogen) atoms. The van der Waals surface area contributed by atoms with Crippen LogP contribution in [0.5, 0.6) is 0 Å². The summed E-state index contributed by atoms with van der Waals surface area (Å²) in [6.07, 6.45) is 23.8. The average Bonchev–Trinajstić information content (AvgIpc) is 3.24. The molecule has 4 aromatic carbocycles. The molecule has 0 unspecified atom stereocenters. The third-order valence-corrected chi connectivity index (χ3v) is 12.1. The van der Waals surface area contributed by atoms with Crippen molar-refractivity contribution in [2.24, 2.45) is 7.05 Å². The Morgan fingerprint density at radius 2 is 1.04 bits per heavy atom. The van der Waals surface area contributed by atoms with Crippen molar-refractivity contribution in [3.05, 3.63) is 192 Å². The molecule has 0 amide bonds. The van der Waals surface area contributed by atoms with Crippen LogP contribution in [0, 0.1) is 0 Å². The van der Waals surface area contributed by atoms with Crippen molar-refractivity contribution < 1.29 is 4.57 Å². The number of unbranched alkanes of at least 4 members (excludes halogenated alkanes) is 2. The van der Waals surface area contributed by atoms with Gasteiger partial charge in [-0.3, -0.25) is 0 Å². The maximum Gasteiger partial charge on any atom is 0.169 e. The molecule has 1 heterocycles. The highest BCUT2D eigenvalue weighted by Crippen LogP contribution is 2.26. The summed E-state index contributed by atoms with van der Waals surface area (Å²) in [7, 11) is 8.04. The van der Waals surface area contributed by atoms with Gasteiger partial charge in [-0.2, -0.15) is 0 Å². The lowest BCUT2D eigenvalue weighted by Crippen LogP contribution is -2.25. The van der Waals surface area contributed by atoms with Crippen LogP contribution in [0.15, 0.2) is 164 Å². The minimum Gasteiger partial charge on any atom is -0.394 e. The lowest BCUT2D eigenvalue weighted by Gasteiger charge is -2.25. The second-order valence-corrected chi connectivity index (χ2v) is 16.6. The second kappa shape index (κ2) is 24.6. The topological polar surface area (TPSA) is 22.4 Å². The number of allylic oxidation sites excluding steroid dienone is 4. The van der Waals surface area contributed by atoms with Crippen LogP contribution in [0.25, 0.3) is 18.2 Å². The largest absolute Gasteiger partial charge is 0.394 e.